The van der Waals surface area contributed by atoms with Gasteiger partial charge in [-0.3, -0.25) is 0 Å². The monoisotopic (exact) mass is 319 g/mol. The van der Waals surface area contributed by atoms with Gasteiger partial charge in [0.15, 0.2) is 0 Å². The number of hydrogen-bond donors (Lipinski definition) is 1. The maximum absolute atomic E-state index is 12.0. The van der Waals surface area contributed by atoms with Crippen LogP contribution in [0.15, 0.2) is 36.4 Å². The van der Waals surface area contributed by atoms with Crippen LogP contribution < -0.4 is 9.47 Å². The van der Waals surface area contributed by atoms with Crippen molar-refractivity contribution in [1.29, 1.82) is 0 Å². The van der Waals surface area contributed by atoms with E-state index >= 15 is 0 Å². The standard InChI is InChI=1S/C13H9ClF3NO3/c14-10-5-6-12(18-11(10)7-19)20-8-1-3-9(4-2-8)21-13(15,16)17/h1-6,19H,7H2. The van der Waals surface area contributed by atoms with E-state index in [9.17, 15) is 13.2 Å². The molecule has 2 aromatic rings. The Hall–Kier alpha value is -1.99. The zero-order valence-electron chi connectivity index (χ0n) is 10.4. The van der Waals surface area contributed by atoms with Crippen LogP contribution in [0.4, 0.5) is 13.2 Å². The molecule has 112 valence electrons. The second-order valence-electron chi connectivity index (χ2n) is 3.86. The molecule has 0 amide bonds. The zero-order chi connectivity index (χ0) is 15.5. The Labute approximate surface area is 122 Å². The fourth-order valence-electron chi connectivity index (χ4n) is 1.46. The van der Waals surface area contributed by atoms with Crippen molar-refractivity contribution in [2.24, 2.45) is 0 Å². The summed E-state index contributed by atoms with van der Waals surface area (Å²) in [5.74, 6) is 0.0751. The molecule has 0 atom stereocenters. The van der Waals surface area contributed by atoms with E-state index in [2.05, 4.69) is 9.72 Å². The highest BCUT2D eigenvalue weighted by atomic mass is 35.5. The summed E-state index contributed by atoms with van der Waals surface area (Å²) in [6.45, 7) is -0.353. The van der Waals surface area contributed by atoms with Crippen molar-refractivity contribution in [3.8, 4) is 17.4 Å². The van der Waals surface area contributed by atoms with Crippen molar-refractivity contribution < 1.29 is 27.8 Å². The lowest BCUT2D eigenvalue weighted by Gasteiger charge is -2.10. The minimum Gasteiger partial charge on any atom is -0.439 e. The molecule has 0 unspecified atom stereocenters. The fourth-order valence-corrected chi connectivity index (χ4v) is 1.63. The van der Waals surface area contributed by atoms with Gasteiger partial charge in [-0.05, 0) is 30.3 Å². The Kier molecular flexibility index (Phi) is 4.54. The minimum absolute atomic E-state index is 0.160. The summed E-state index contributed by atoms with van der Waals surface area (Å²) in [6.07, 6.45) is -4.74. The van der Waals surface area contributed by atoms with Gasteiger partial charge in [-0.2, -0.15) is 0 Å². The first-order valence-electron chi connectivity index (χ1n) is 5.67. The number of benzene rings is 1. The van der Waals surface area contributed by atoms with Gasteiger partial charge in [-0.15, -0.1) is 13.2 Å². The van der Waals surface area contributed by atoms with Crippen LogP contribution >= 0.6 is 11.6 Å². The molecule has 1 heterocycles. The van der Waals surface area contributed by atoms with Crippen LogP contribution in [-0.2, 0) is 6.61 Å². The highest BCUT2D eigenvalue weighted by molar-refractivity contribution is 6.31. The van der Waals surface area contributed by atoms with Crippen LogP contribution in [0.1, 0.15) is 5.69 Å². The van der Waals surface area contributed by atoms with Crippen molar-refractivity contribution in [2.75, 3.05) is 0 Å². The first-order valence-corrected chi connectivity index (χ1v) is 6.05. The first-order chi connectivity index (χ1) is 9.87. The molecule has 0 aliphatic carbocycles. The van der Waals surface area contributed by atoms with E-state index in [1.165, 1.54) is 24.3 Å². The topological polar surface area (TPSA) is 51.6 Å². The molecule has 0 radical (unpaired) electrons. The third-order valence-corrected chi connectivity index (χ3v) is 2.67. The highest BCUT2D eigenvalue weighted by Gasteiger charge is 2.30. The van der Waals surface area contributed by atoms with Crippen LogP contribution in [0, 0.1) is 0 Å². The van der Waals surface area contributed by atoms with Crippen LogP contribution in [0.2, 0.25) is 5.02 Å². The average Bonchev–Trinajstić information content (AvgIpc) is 2.41. The molecule has 0 aliphatic heterocycles. The number of hydrogen-bond acceptors (Lipinski definition) is 4. The van der Waals surface area contributed by atoms with E-state index in [0.29, 0.717) is 5.02 Å². The highest BCUT2D eigenvalue weighted by Crippen LogP contribution is 2.27. The molecule has 0 saturated heterocycles. The number of pyridine rings is 1. The van der Waals surface area contributed by atoms with Crippen molar-refractivity contribution in [1.82, 2.24) is 4.98 Å². The summed E-state index contributed by atoms with van der Waals surface area (Å²) in [4.78, 5) is 3.95. The van der Waals surface area contributed by atoms with Crippen molar-refractivity contribution in [3.05, 3.63) is 47.1 Å². The molecule has 0 spiro atoms. The van der Waals surface area contributed by atoms with Crippen LogP contribution in [0.5, 0.6) is 17.4 Å². The molecule has 2 rings (SSSR count). The van der Waals surface area contributed by atoms with Gasteiger partial charge >= 0.3 is 6.36 Å². The van der Waals surface area contributed by atoms with Crippen molar-refractivity contribution >= 4 is 11.6 Å². The predicted molar refractivity (Wildman–Crippen MR) is 68.4 cm³/mol. The lowest BCUT2D eigenvalue weighted by atomic mass is 10.3. The summed E-state index contributed by atoms with van der Waals surface area (Å²) in [5, 5.41) is 9.32. The SMILES string of the molecule is OCc1nc(Oc2ccc(OC(F)(F)F)cc2)ccc1Cl. The smallest absolute Gasteiger partial charge is 0.439 e. The van der Waals surface area contributed by atoms with Gasteiger partial charge in [0.05, 0.1) is 17.3 Å². The van der Waals surface area contributed by atoms with Gasteiger partial charge in [0.1, 0.15) is 11.5 Å². The molecule has 1 N–H and O–H groups in total. The van der Waals surface area contributed by atoms with Crippen LogP contribution in [0.25, 0.3) is 0 Å². The number of aromatic nitrogens is 1. The van der Waals surface area contributed by atoms with Gasteiger partial charge in [0.2, 0.25) is 5.88 Å². The van der Waals surface area contributed by atoms with E-state index in [0.717, 1.165) is 12.1 Å². The van der Waals surface area contributed by atoms with Gasteiger partial charge in [0, 0.05) is 6.07 Å². The Morgan fingerprint density at radius 3 is 2.24 bits per heavy atom. The second kappa shape index (κ2) is 6.19. The van der Waals surface area contributed by atoms with Gasteiger partial charge < -0.3 is 14.6 Å². The molecule has 8 heteroatoms. The van der Waals surface area contributed by atoms with Crippen LogP contribution in [0.3, 0.4) is 0 Å². The molecule has 1 aromatic heterocycles. The predicted octanol–water partition coefficient (Wildman–Crippen LogP) is 3.92. The third kappa shape index (κ3) is 4.51. The lowest BCUT2D eigenvalue weighted by Crippen LogP contribution is -2.16. The molecule has 0 bridgehead atoms. The minimum atomic E-state index is -4.74. The molecule has 21 heavy (non-hydrogen) atoms. The summed E-state index contributed by atoms with van der Waals surface area (Å²) >= 11 is 5.78. The maximum atomic E-state index is 12.0. The molecular weight excluding hydrogens is 311 g/mol. The van der Waals surface area contributed by atoms with Crippen molar-refractivity contribution in [3.63, 3.8) is 0 Å². The van der Waals surface area contributed by atoms with E-state index in [-0.39, 0.29) is 29.7 Å². The molecule has 0 fully saturated rings. The van der Waals surface area contributed by atoms with Gasteiger partial charge in [-0.25, -0.2) is 4.98 Å². The number of nitrogens with zero attached hydrogens (tertiary/aromatic N) is 1. The van der Waals surface area contributed by atoms with E-state index in [1.807, 2.05) is 0 Å². The molecule has 1 aromatic carbocycles. The van der Waals surface area contributed by atoms with Gasteiger partial charge in [0.25, 0.3) is 0 Å². The second-order valence-corrected chi connectivity index (χ2v) is 4.26. The summed E-state index contributed by atoms with van der Waals surface area (Å²) in [6, 6.07) is 7.81. The van der Waals surface area contributed by atoms with E-state index in [4.69, 9.17) is 21.4 Å². The lowest BCUT2D eigenvalue weighted by molar-refractivity contribution is -0.274. The third-order valence-electron chi connectivity index (χ3n) is 2.32. The summed E-state index contributed by atoms with van der Waals surface area (Å²) in [7, 11) is 0. The number of aliphatic hydroxyl groups is 1. The number of alkyl halides is 3. The molecule has 0 aliphatic rings. The Morgan fingerprint density at radius 1 is 1.05 bits per heavy atom. The van der Waals surface area contributed by atoms with Crippen molar-refractivity contribution in [2.45, 2.75) is 13.0 Å². The zero-order valence-corrected chi connectivity index (χ0v) is 11.1. The number of aliphatic hydroxyl groups excluding tert-OH is 1. The van der Waals surface area contributed by atoms with Crippen LogP contribution in [-0.4, -0.2) is 16.5 Å². The Morgan fingerprint density at radius 2 is 1.67 bits per heavy atom. The number of halogens is 4. The Bertz CT molecular complexity index is 617. The first kappa shape index (κ1) is 15.4. The van der Waals surface area contributed by atoms with E-state index in [1.54, 1.807) is 0 Å². The Balaban J connectivity index is 2.10. The number of ether oxygens (including phenoxy) is 2. The fraction of sp³-hybridized carbons (Fsp3) is 0.154. The summed E-state index contributed by atoms with van der Waals surface area (Å²) in [5.41, 5.74) is 0.242. The summed E-state index contributed by atoms with van der Waals surface area (Å²) < 4.78 is 45.1. The normalized spacial score (nSPS) is 11.3. The van der Waals surface area contributed by atoms with E-state index < -0.39 is 6.36 Å². The molecule has 4 nitrogen and oxygen atoms in total. The molecule has 0 saturated carbocycles. The van der Waals surface area contributed by atoms with Gasteiger partial charge in [-0.1, -0.05) is 11.6 Å². The quantitative estimate of drug-likeness (QED) is 0.928. The maximum Gasteiger partial charge on any atom is 0.573 e. The largest absolute Gasteiger partial charge is 0.573 e. The molecular formula is C13H9ClF3NO3. The number of rotatable bonds is 4. The average molecular weight is 320 g/mol.